The van der Waals surface area contributed by atoms with E-state index in [1.54, 1.807) is 30.8 Å². The molecule has 1 saturated heterocycles. The summed E-state index contributed by atoms with van der Waals surface area (Å²) >= 11 is 0. The van der Waals surface area contributed by atoms with E-state index in [4.69, 9.17) is 4.52 Å². The van der Waals surface area contributed by atoms with Crippen molar-refractivity contribution in [1.29, 1.82) is 0 Å². The van der Waals surface area contributed by atoms with Gasteiger partial charge in [0.15, 0.2) is 11.6 Å². The lowest BCUT2D eigenvalue weighted by Crippen LogP contribution is -2.44. The Labute approximate surface area is 174 Å². The highest BCUT2D eigenvalue weighted by Gasteiger charge is 2.36. The van der Waals surface area contributed by atoms with Crippen molar-refractivity contribution >= 4 is 21.7 Å². The molecule has 1 aliphatic heterocycles. The molecule has 0 spiro atoms. The van der Waals surface area contributed by atoms with Crippen molar-refractivity contribution in [1.82, 2.24) is 19.2 Å². The molecule has 30 heavy (non-hydrogen) atoms. The van der Waals surface area contributed by atoms with Crippen molar-refractivity contribution in [3.8, 4) is 5.69 Å². The first kappa shape index (κ1) is 20.3. The lowest BCUT2D eigenvalue weighted by Gasteiger charge is -2.30. The number of piperidine rings is 1. The summed E-state index contributed by atoms with van der Waals surface area (Å²) in [6, 6.07) is 11.3. The second-order valence-electron chi connectivity index (χ2n) is 7.33. The second kappa shape index (κ2) is 8.04. The van der Waals surface area contributed by atoms with E-state index in [0.29, 0.717) is 30.9 Å². The van der Waals surface area contributed by atoms with Gasteiger partial charge in [-0.05, 0) is 38.8 Å². The molecule has 0 radical (unpaired) electrons. The highest BCUT2D eigenvalue weighted by molar-refractivity contribution is 7.89. The zero-order valence-corrected chi connectivity index (χ0v) is 17.6. The minimum atomic E-state index is -3.77. The van der Waals surface area contributed by atoms with Crippen LogP contribution in [0.4, 0.5) is 5.82 Å². The zero-order chi connectivity index (χ0) is 21.3. The Morgan fingerprint density at radius 2 is 1.97 bits per heavy atom. The Kier molecular flexibility index (Phi) is 5.44. The van der Waals surface area contributed by atoms with Gasteiger partial charge in [-0.25, -0.2) is 13.1 Å². The van der Waals surface area contributed by atoms with Gasteiger partial charge in [-0.2, -0.15) is 9.40 Å². The number of para-hydroxylation sites is 1. The summed E-state index contributed by atoms with van der Waals surface area (Å²) in [5.41, 5.74) is 1.21. The molecule has 9 nitrogen and oxygen atoms in total. The number of aryl methyl sites for hydroxylation is 2. The van der Waals surface area contributed by atoms with E-state index < -0.39 is 15.9 Å². The van der Waals surface area contributed by atoms with Crippen molar-refractivity contribution in [2.45, 2.75) is 31.6 Å². The standard InChI is InChI=1S/C20H23N5O4S/c1-14-19(15(2)29-23-14)30(27,28)24-11-6-7-16(13-24)20(26)21-18-10-12-25(22-18)17-8-4-3-5-9-17/h3-5,8-10,12,16H,6-7,11,13H2,1-2H3,(H,21,22,26). The fourth-order valence-corrected chi connectivity index (χ4v) is 5.51. The predicted octanol–water partition coefficient (Wildman–Crippen LogP) is 2.52. The number of anilines is 1. The molecule has 1 aromatic carbocycles. The minimum absolute atomic E-state index is 0.0881. The summed E-state index contributed by atoms with van der Waals surface area (Å²) in [5, 5.41) is 10.9. The van der Waals surface area contributed by atoms with Gasteiger partial charge in [0.1, 0.15) is 10.6 Å². The average molecular weight is 430 g/mol. The Balaban J connectivity index is 1.46. The molecular weight excluding hydrogens is 406 g/mol. The molecule has 3 heterocycles. The van der Waals surface area contributed by atoms with Gasteiger partial charge in [-0.15, -0.1) is 0 Å². The highest BCUT2D eigenvalue weighted by Crippen LogP contribution is 2.28. The molecule has 1 atom stereocenters. The van der Waals surface area contributed by atoms with Crippen LogP contribution in [0.25, 0.3) is 5.69 Å². The molecule has 4 rings (SSSR count). The first-order valence-corrected chi connectivity index (χ1v) is 11.2. The maximum atomic E-state index is 13.1. The van der Waals surface area contributed by atoms with Crippen LogP contribution in [0.3, 0.4) is 0 Å². The van der Waals surface area contributed by atoms with E-state index in [1.807, 2.05) is 30.3 Å². The second-order valence-corrected chi connectivity index (χ2v) is 9.20. The topological polar surface area (TPSA) is 110 Å². The minimum Gasteiger partial charge on any atom is -0.360 e. The molecule has 1 fully saturated rings. The van der Waals surface area contributed by atoms with Crippen molar-refractivity contribution in [3.63, 3.8) is 0 Å². The van der Waals surface area contributed by atoms with E-state index in [9.17, 15) is 13.2 Å². The largest absolute Gasteiger partial charge is 0.360 e. The number of rotatable bonds is 5. The van der Waals surface area contributed by atoms with Crippen LogP contribution in [0.15, 0.2) is 52.0 Å². The number of nitrogens with zero attached hydrogens (tertiary/aromatic N) is 4. The predicted molar refractivity (Wildman–Crippen MR) is 110 cm³/mol. The third-order valence-corrected chi connectivity index (χ3v) is 7.29. The van der Waals surface area contributed by atoms with Gasteiger partial charge in [0.25, 0.3) is 0 Å². The molecule has 2 aromatic heterocycles. The third kappa shape index (κ3) is 3.88. The number of carbonyl (C=O) groups excluding carboxylic acids is 1. The van der Waals surface area contributed by atoms with Crippen LogP contribution < -0.4 is 5.32 Å². The molecular formula is C20H23N5O4S. The fraction of sp³-hybridized carbons (Fsp3) is 0.350. The third-order valence-electron chi connectivity index (χ3n) is 5.18. The van der Waals surface area contributed by atoms with Crippen LogP contribution in [0, 0.1) is 19.8 Å². The van der Waals surface area contributed by atoms with Gasteiger partial charge in [-0.1, -0.05) is 23.4 Å². The zero-order valence-electron chi connectivity index (χ0n) is 16.8. The summed E-state index contributed by atoms with van der Waals surface area (Å²) in [6.45, 7) is 3.64. The molecule has 0 saturated carbocycles. The highest BCUT2D eigenvalue weighted by atomic mass is 32.2. The van der Waals surface area contributed by atoms with E-state index in [2.05, 4.69) is 15.6 Å². The molecule has 0 aliphatic carbocycles. The summed E-state index contributed by atoms with van der Waals surface area (Å²) in [7, 11) is -3.77. The smallest absolute Gasteiger partial charge is 0.248 e. The average Bonchev–Trinajstić information content (AvgIpc) is 3.35. The summed E-state index contributed by atoms with van der Waals surface area (Å²) < 4.78 is 34.1. The fourth-order valence-electron chi connectivity index (χ4n) is 3.69. The SMILES string of the molecule is Cc1noc(C)c1S(=O)(=O)N1CCCC(C(=O)Nc2ccn(-c3ccccc3)n2)C1. The van der Waals surface area contributed by atoms with Crippen molar-refractivity contribution < 1.29 is 17.7 Å². The Hall–Kier alpha value is -2.98. The van der Waals surface area contributed by atoms with E-state index >= 15 is 0 Å². The van der Waals surface area contributed by atoms with Crippen molar-refractivity contribution in [3.05, 3.63) is 54.0 Å². The molecule has 1 aliphatic rings. The van der Waals surface area contributed by atoms with Gasteiger partial charge in [0, 0.05) is 25.4 Å². The number of hydrogen-bond acceptors (Lipinski definition) is 6. The van der Waals surface area contributed by atoms with E-state index in [0.717, 1.165) is 5.69 Å². The normalized spacial score (nSPS) is 17.7. The van der Waals surface area contributed by atoms with Crippen LogP contribution in [-0.2, 0) is 14.8 Å². The van der Waals surface area contributed by atoms with Gasteiger partial charge in [0.2, 0.25) is 15.9 Å². The number of sulfonamides is 1. The van der Waals surface area contributed by atoms with Gasteiger partial charge in [0.05, 0.1) is 11.6 Å². The lowest BCUT2D eigenvalue weighted by atomic mass is 9.99. The van der Waals surface area contributed by atoms with Gasteiger partial charge >= 0.3 is 0 Å². The van der Waals surface area contributed by atoms with Crippen LogP contribution in [0.1, 0.15) is 24.3 Å². The molecule has 1 amide bonds. The van der Waals surface area contributed by atoms with Crippen molar-refractivity contribution in [2.75, 3.05) is 18.4 Å². The molecule has 3 aromatic rings. The van der Waals surface area contributed by atoms with Crippen LogP contribution in [-0.4, -0.2) is 46.7 Å². The van der Waals surface area contributed by atoms with Crippen molar-refractivity contribution in [2.24, 2.45) is 5.92 Å². The molecule has 10 heteroatoms. The monoisotopic (exact) mass is 429 g/mol. The first-order valence-electron chi connectivity index (χ1n) is 9.71. The molecule has 1 N–H and O–H groups in total. The van der Waals surface area contributed by atoms with E-state index in [-0.39, 0.29) is 23.1 Å². The number of hydrogen-bond donors (Lipinski definition) is 1. The number of benzene rings is 1. The first-order chi connectivity index (χ1) is 14.4. The molecule has 0 bridgehead atoms. The van der Waals surface area contributed by atoms with Crippen LogP contribution in [0.2, 0.25) is 0 Å². The maximum Gasteiger partial charge on any atom is 0.248 e. The van der Waals surface area contributed by atoms with Gasteiger partial charge in [-0.3, -0.25) is 4.79 Å². The number of nitrogens with one attached hydrogen (secondary N) is 1. The summed E-state index contributed by atoms with van der Waals surface area (Å²) in [4.78, 5) is 12.9. The number of carbonyl (C=O) groups is 1. The van der Waals surface area contributed by atoms with Crippen LogP contribution >= 0.6 is 0 Å². The maximum absolute atomic E-state index is 13.1. The lowest BCUT2D eigenvalue weighted by molar-refractivity contribution is -0.120. The van der Waals surface area contributed by atoms with E-state index in [1.165, 1.54) is 4.31 Å². The number of aromatic nitrogens is 3. The number of amides is 1. The van der Waals surface area contributed by atoms with Crippen LogP contribution in [0.5, 0.6) is 0 Å². The summed E-state index contributed by atoms with van der Waals surface area (Å²) in [6.07, 6.45) is 2.97. The quantitative estimate of drug-likeness (QED) is 0.667. The molecule has 1 unspecified atom stereocenters. The Morgan fingerprint density at radius 1 is 1.20 bits per heavy atom. The molecule has 158 valence electrons. The Morgan fingerprint density at radius 3 is 2.67 bits per heavy atom. The van der Waals surface area contributed by atoms with Gasteiger partial charge < -0.3 is 9.84 Å². The summed E-state index contributed by atoms with van der Waals surface area (Å²) in [5.74, 6) is -0.0251. The Bertz CT molecular complexity index is 1130.